The molecule has 7 rings (SSSR count). The summed E-state index contributed by atoms with van der Waals surface area (Å²) in [7, 11) is -2.87. The maximum atomic E-state index is 6.19. The van der Waals surface area contributed by atoms with Crippen molar-refractivity contribution < 1.29 is 0 Å². The van der Waals surface area contributed by atoms with Gasteiger partial charge in [0.15, 0.2) is 0 Å². The molecule has 1 aromatic rings. The highest BCUT2D eigenvalue weighted by atomic mass is 31.2. The smallest absolute Gasteiger partial charge is 0.0797 e. The number of nitrogens with zero attached hydrogens (tertiary/aromatic N) is 3. The van der Waals surface area contributed by atoms with Gasteiger partial charge in [0.2, 0.25) is 0 Å². The van der Waals surface area contributed by atoms with Crippen LogP contribution in [0.15, 0.2) is 27.7 Å². The van der Waals surface area contributed by atoms with E-state index in [2.05, 4.69) is 18.2 Å². The molecule has 270 valence electrons. The number of rotatable bonds is 10. The van der Waals surface area contributed by atoms with Crippen LogP contribution >= 0.6 is 14.1 Å². The van der Waals surface area contributed by atoms with Gasteiger partial charge in [0.25, 0.3) is 0 Å². The highest BCUT2D eigenvalue weighted by Gasteiger charge is 2.45. The highest BCUT2D eigenvalue weighted by molar-refractivity contribution is 7.68. The van der Waals surface area contributed by atoms with Gasteiger partial charge in [0.1, 0.15) is 0 Å². The van der Waals surface area contributed by atoms with E-state index in [1.54, 1.807) is 0 Å². The summed E-state index contributed by atoms with van der Waals surface area (Å²) in [5, 5.41) is 0. The van der Waals surface area contributed by atoms with Gasteiger partial charge in [0, 0.05) is 0 Å². The average Bonchev–Trinajstić information content (AvgIpc) is 3.18. The Balaban J connectivity index is 1.21. The second kappa shape index (κ2) is 17.9. The summed E-state index contributed by atoms with van der Waals surface area (Å²) in [4.78, 5) is 5.50. The van der Waals surface area contributed by atoms with Crippen LogP contribution in [0, 0.1) is 0 Å². The summed E-state index contributed by atoms with van der Waals surface area (Å²) in [6, 6.07) is 7.03. The van der Waals surface area contributed by atoms with Crippen molar-refractivity contribution in [2.75, 3.05) is 0 Å². The van der Waals surface area contributed by atoms with Crippen LogP contribution in [0.3, 0.4) is 0 Å². The normalized spacial score (nSPS) is 26.0. The molecule has 0 radical (unpaired) electrons. The number of hydrogen-bond acceptors (Lipinski definition) is 3. The standard InChI is InChI=1S/C43H73N3P2/c1-7-22-38(23-8-1)47(39-24-9-2-10-25-39,40-26-11-3-12-27-40)44-34-36-20-19-21-37(46-36)35-45-48(41-28-13-4-14-29-41,42-30-15-5-16-31-42)43-32-17-6-18-33-43/h19-21,38-43H,1-18,22-35H2. The minimum atomic E-state index is -1.43. The molecule has 6 saturated carbocycles. The molecule has 1 aromatic heterocycles. The van der Waals surface area contributed by atoms with Crippen molar-refractivity contribution in [3.05, 3.63) is 29.6 Å². The average molecular weight is 694 g/mol. The third-order valence-electron chi connectivity index (χ3n) is 14.8. The van der Waals surface area contributed by atoms with E-state index in [4.69, 9.17) is 14.5 Å². The topological polar surface area (TPSA) is 37.6 Å². The molecule has 3 nitrogen and oxygen atoms in total. The summed E-state index contributed by atoms with van der Waals surface area (Å²) in [6.45, 7) is 1.78. The molecular formula is C43H73N3P2. The fraction of sp³-hybridized carbons (Fsp3) is 0.884. The van der Waals surface area contributed by atoms with Crippen LogP contribution < -0.4 is 0 Å². The molecular weight excluding hydrogens is 620 g/mol. The summed E-state index contributed by atoms with van der Waals surface area (Å²) >= 11 is 0. The van der Waals surface area contributed by atoms with Crippen molar-refractivity contribution in [1.82, 2.24) is 4.98 Å². The molecule has 0 amide bonds. The predicted molar refractivity (Wildman–Crippen MR) is 212 cm³/mol. The Morgan fingerprint density at radius 1 is 0.375 bits per heavy atom. The van der Waals surface area contributed by atoms with Crippen molar-refractivity contribution in [3.8, 4) is 0 Å². The molecule has 1 heterocycles. The Labute approximate surface area is 296 Å². The van der Waals surface area contributed by atoms with Gasteiger partial charge >= 0.3 is 0 Å². The van der Waals surface area contributed by atoms with Crippen molar-refractivity contribution in [1.29, 1.82) is 0 Å². The maximum absolute atomic E-state index is 6.19. The monoisotopic (exact) mass is 694 g/mol. The third-order valence-corrected chi connectivity index (χ3v) is 26.2. The van der Waals surface area contributed by atoms with Gasteiger partial charge in [-0.3, -0.25) is 14.5 Å². The molecule has 6 aliphatic carbocycles. The molecule has 5 heteroatoms. The lowest BCUT2D eigenvalue weighted by atomic mass is 9.99. The SMILES string of the molecule is c1cc(CN=P(C2CCCCC2)(C2CCCCC2)C2CCCCC2)nc(CN=P(C2CCCCC2)(C2CCCCC2)C2CCCCC2)c1. The zero-order chi connectivity index (χ0) is 32.5. The van der Waals surface area contributed by atoms with Gasteiger partial charge in [0.05, 0.1) is 24.5 Å². The van der Waals surface area contributed by atoms with E-state index in [1.807, 2.05) is 0 Å². The molecule has 0 aliphatic heterocycles. The van der Waals surface area contributed by atoms with Gasteiger partial charge in [-0.15, -0.1) is 0 Å². The quantitative estimate of drug-likeness (QED) is 0.225. The summed E-state index contributed by atoms with van der Waals surface area (Å²) < 4.78 is 12.4. The third kappa shape index (κ3) is 8.14. The zero-order valence-corrected chi connectivity index (χ0v) is 32.8. The van der Waals surface area contributed by atoms with Crippen molar-refractivity contribution >= 4 is 14.1 Å². The fourth-order valence-corrected chi connectivity index (χ4v) is 25.4. The Kier molecular flexibility index (Phi) is 13.4. The molecule has 0 bridgehead atoms. The van der Waals surface area contributed by atoms with Crippen LogP contribution in [0.4, 0.5) is 0 Å². The molecule has 0 atom stereocenters. The van der Waals surface area contributed by atoms with Crippen LogP contribution in [0.2, 0.25) is 0 Å². The summed E-state index contributed by atoms with van der Waals surface area (Å²) in [6.07, 6.45) is 44.1. The second-order valence-electron chi connectivity index (χ2n) is 17.6. The van der Waals surface area contributed by atoms with Crippen LogP contribution in [0.5, 0.6) is 0 Å². The van der Waals surface area contributed by atoms with Crippen molar-refractivity contribution in [2.24, 2.45) is 9.49 Å². The minimum absolute atomic E-state index is 0.888. The fourth-order valence-electron chi connectivity index (χ4n) is 12.5. The maximum Gasteiger partial charge on any atom is 0.0797 e. The van der Waals surface area contributed by atoms with Gasteiger partial charge in [-0.2, -0.15) is 0 Å². The lowest BCUT2D eigenvalue weighted by Gasteiger charge is -2.48. The highest BCUT2D eigenvalue weighted by Crippen LogP contribution is 2.72. The number of pyridine rings is 1. The molecule has 0 N–H and O–H groups in total. The van der Waals surface area contributed by atoms with Gasteiger partial charge < -0.3 is 0 Å². The van der Waals surface area contributed by atoms with Crippen molar-refractivity contribution in [3.63, 3.8) is 0 Å². The van der Waals surface area contributed by atoms with Gasteiger partial charge in [-0.1, -0.05) is 122 Å². The molecule has 0 spiro atoms. The van der Waals surface area contributed by atoms with E-state index >= 15 is 0 Å². The first-order chi connectivity index (χ1) is 23.8. The number of hydrogen-bond donors (Lipinski definition) is 0. The number of aromatic nitrogens is 1. The van der Waals surface area contributed by atoms with E-state index in [0.717, 1.165) is 47.0 Å². The van der Waals surface area contributed by atoms with E-state index in [1.165, 1.54) is 204 Å². The zero-order valence-electron chi connectivity index (χ0n) is 31.1. The lowest BCUT2D eigenvalue weighted by molar-refractivity contribution is 0.454. The van der Waals surface area contributed by atoms with E-state index in [-0.39, 0.29) is 0 Å². The summed E-state index contributed by atoms with van der Waals surface area (Å²) in [5.41, 5.74) is 8.05. The van der Waals surface area contributed by atoms with E-state index < -0.39 is 14.1 Å². The first-order valence-corrected chi connectivity index (χ1v) is 25.8. The molecule has 48 heavy (non-hydrogen) atoms. The Bertz CT molecular complexity index is 1020. The van der Waals surface area contributed by atoms with Crippen molar-refractivity contribution in [2.45, 2.75) is 240 Å². The molecule has 0 unspecified atom stereocenters. The molecule has 6 aliphatic rings. The lowest BCUT2D eigenvalue weighted by Crippen LogP contribution is -2.31. The Morgan fingerprint density at radius 3 is 0.833 bits per heavy atom. The largest absolute Gasteiger partial charge is 0.296 e. The first kappa shape index (κ1) is 36.0. The second-order valence-corrected chi connectivity index (χ2v) is 25.7. The molecule has 6 fully saturated rings. The Morgan fingerprint density at radius 2 is 0.604 bits per heavy atom. The van der Waals surface area contributed by atoms with Crippen LogP contribution in [-0.4, -0.2) is 38.9 Å². The molecule has 0 aromatic carbocycles. The predicted octanol–water partition coefficient (Wildman–Crippen LogP) is 14.5. The first-order valence-electron chi connectivity index (χ1n) is 21.9. The van der Waals surface area contributed by atoms with Crippen LogP contribution in [0.1, 0.15) is 204 Å². The van der Waals surface area contributed by atoms with E-state index in [0.29, 0.717) is 0 Å². The van der Waals surface area contributed by atoms with Gasteiger partial charge in [-0.25, -0.2) is 0 Å². The Hall–Kier alpha value is -0.390. The summed E-state index contributed by atoms with van der Waals surface area (Å²) in [5.74, 6) is 0. The minimum Gasteiger partial charge on any atom is -0.296 e. The van der Waals surface area contributed by atoms with Crippen LogP contribution in [-0.2, 0) is 13.1 Å². The van der Waals surface area contributed by atoms with Crippen LogP contribution in [0.25, 0.3) is 0 Å². The van der Waals surface area contributed by atoms with E-state index in [9.17, 15) is 0 Å². The van der Waals surface area contributed by atoms with Gasteiger partial charge in [-0.05, 0) is 137 Å². The molecule has 0 saturated heterocycles.